The van der Waals surface area contributed by atoms with Crippen LogP contribution in [0.1, 0.15) is 31.2 Å². The second-order valence-corrected chi connectivity index (χ2v) is 11.1. The first kappa shape index (κ1) is 20.9. The van der Waals surface area contributed by atoms with Crippen molar-refractivity contribution < 1.29 is 14.4 Å². The molecule has 3 aliphatic rings. The molecule has 1 saturated heterocycles. The van der Waals surface area contributed by atoms with Gasteiger partial charge in [0.05, 0.1) is 33.5 Å². The number of hydrogen-bond acceptors (Lipinski definition) is 6. The van der Waals surface area contributed by atoms with E-state index in [1.54, 1.807) is 0 Å². The van der Waals surface area contributed by atoms with Gasteiger partial charge in [0.15, 0.2) is 4.34 Å². The number of anilines is 2. The molecule has 33 heavy (non-hydrogen) atoms. The Balaban J connectivity index is 1.18. The van der Waals surface area contributed by atoms with Crippen LogP contribution in [0.4, 0.5) is 11.4 Å². The Labute approximate surface area is 200 Å². The lowest BCUT2D eigenvalue weighted by atomic mass is 9.81. The molecule has 6 rings (SSSR count). The third-order valence-corrected chi connectivity index (χ3v) is 9.10. The van der Waals surface area contributed by atoms with E-state index in [4.69, 9.17) is 0 Å². The van der Waals surface area contributed by atoms with Crippen molar-refractivity contribution in [3.8, 4) is 0 Å². The number of para-hydroxylation sites is 1. The normalized spacial score (nSPS) is 22.2. The number of rotatable bonds is 4. The highest BCUT2D eigenvalue weighted by atomic mass is 32.2. The number of benzene rings is 2. The van der Waals surface area contributed by atoms with Gasteiger partial charge in [-0.05, 0) is 49.1 Å². The van der Waals surface area contributed by atoms with Crippen molar-refractivity contribution in [2.45, 2.75) is 36.4 Å². The summed E-state index contributed by atoms with van der Waals surface area (Å²) < 4.78 is 1.74. The average molecular weight is 478 g/mol. The van der Waals surface area contributed by atoms with Gasteiger partial charge in [-0.1, -0.05) is 42.8 Å². The second kappa shape index (κ2) is 8.25. The van der Waals surface area contributed by atoms with E-state index in [9.17, 15) is 14.4 Å². The molecule has 1 saturated carbocycles. The molecule has 2 aliphatic heterocycles. The number of nitrogens with zero attached hydrogens (tertiary/aromatic N) is 3. The standard InChI is InChI=1S/C25H23N3O3S2/c29-22(27-12-11-15-5-1-4-8-20(15)27)14-32-25-26-19-10-9-16(13-21(19)33-25)28-23(30)17-6-2-3-7-18(17)24(28)31/h1,4-5,8-10,13,17-18H,2-3,6-7,11-12,14H2/t17-,18-/m0/s1. The quantitative estimate of drug-likeness (QED) is 0.404. The van der Waals surface area contributed by atoms with Gasteiger partial charge in [-0.25, -0.2) is 4.98 Å². The van der Waals surface area contributed by atoms with E-state index in [1.807, 2.05) is 41.3 Å². The fourth-order valence-electron chi connectivity index (χ4n) is 5.31. The zero-order valence-electron chi connectivity index (χ0n) is 18.0. The summed E-state index contributed by atoms with van der Waals surface area (Å²) in [5.41, 5.74) is 3.69. The molecule has 0 bridgehead atoms. The predicted octanol–water partition coefficient (Wildman–Crippen LogP) is 4.66. The van der Waals surface area contributed by atoms with Crippen LogP contribution >= 0.6 is 23.1 Å². The van der Waals surface area contributed by atoms with Crippen LogP contribution in [0.2, 0.25) is 0 Å². The van der Waals surface area contributed by atoms with E-state index in [0.717, 1.165) is 58.9 Å². The van der Waals surface area contributed by atoms with Crippen LogP contribution in [0.15, 0.2) is 46.8 Å². The van der Waals surface area contributed by atoms with Gasteiger partial charge in [0, 0.05) is 12.2 Å². The fraction of sp³-hybridized carbons (Fsp3) is 0.360. The lowest BCUT2D eigenvalue weighted by Crippen LogP contribution is -2.30. The number of aromatic nitrogens is 1. The van der Waals surface area contributed by atoms with Gasteiger partial charge in [-0.15, -0.1) is 11.3 Å². The van der Waals surface area contributed by atoms with Crippen LogP contribution in [0.3, 0.4) is 0 Å². The number of thioether (sulfide) groups is 1. The van der Waals surface area contributed by atoms with Gasteiger partial charge in [0.25, 0.3) is 0 Å². The molecule has 1 aromatic heterocycles. The number of carbonyl (C=O) groups is 3. The molecule has 168 valence electrons. The average Bonchev–Trinajstić information content (AvgIpc) is 3.52. The van der Waals surface area contributed by atoms with E-state index >= 15 is 0 Å². The van der Waals surface area contributed by atoms with Gasteiger partial charge < -0.3 is 4.90 Å². The lowest BCUT2D eigenvalue weighted by Gasteiger charge is -2.19. The van der Waals surface area contributed by atoms with Gasteiger partial charge in [-0.2, -0.15) is 0 Å². The molecular formula is C25H23N3O3S2. The van der Waals surface area contributed by atoms with Crippen molar-refractivity contribution in [1.82, 2.24) is 4.98 Å². The van der Waals surface area contributed by atoms with Crippen molar-refractivity contribution in [2.24, 2.45) is 11.8 Å². The smallest absolute Gasteiger partial charge is 0.237 e. The summed E-state index contributed by atoms with van der Waals surface area (Å²) in [6.45, 7) is 0.724. The number of thiazole rings is 1. The third-order valence-electron chi connectivity index (χ3n) is 6.96. The molecular weight excluding hydrogens is 454 g/mol. The van der Waals surface area contributed by atoms with Gasteiger partial charge >= 0.3 is 0 Å². The van der Waals surface area contributed by atoms with E-state index < -0.39 is 0 Å². The molecule has 6 nitrogen and oxygen atoms in total. The predicted molar refractivity (Wildman–Crippen MR) is 131 cm³/mol. The molecule has 0 radical (unpaired) electrons. The van der Waals surface area contributed by atoms with E-state index in [0.29, 0.717) is 11.4 Å². The molecule has 0 spiro atoms. The van der Waals surface area contributed by atoms with Crippen LogP contribution in [-0.2, 0) is 20.8 Å². The van der Waals surface area contributed by atoms with Crippen LogP contribution < -0.4 is 9.80 Å². The maximum atomic E-state index is 12.9. The van der Waals surface area contributed by atoms with Gasteiger partial charge in [0.1, 0.15) is 0 Å². The Morgan fingerprint density at radius 1 is 1.06 bits per heavy atom. The van der Waals surface area contributed by atoms with Crippen molar-refractivity contribution in [3.05, 3.63) is 48.0 Å². The number of carbonyl (C=O) groups excluding carboxylic acids is 3. The Bertz CT molecular complexity index is 1260. The fourth-order valence-corrected chi connectivity index (χ4v) is 7.29. The third kappa shape index (κ3) is 3.56. The number of amides is 3. The Kier molecular flexibility index (Phi) is 5.22. The summed E-state index contributed by atoms with van der Waals surface area (Å²) in [5, 5.41) is 0. The van der Waals surface area contributed by atoms with Gasteiger partial charge in [0.2, 0.25) is 17.7 Å². The van der Waals surface area contributed by atoms with Crippen LogP contribution in [0.5, 0.6) is 0 Å². The van der Waals surface area contributed by atoms with E-state index in [2.05, 4.69) is 11.1 Å². The molecule has 3 aromatic rings. The highest BCUT2D eigenvalue weighted by Gasteiger charge is 2.48. The minimum absolute atomic E-state index is 0.0559. The Morgan fingerprint density at radius 3 is 2.61 bits per heavy atom. The lowest BCUT2D eigenvalue weighted by molar-refractivity contribution is -0.122. The van der Waals surface area contributed by atoms with Crippen molar-refractivity contribution in [3.63, 3.8) is 0 Å². The Morgan fingerprint density at radius 2 is 1.82 bits per heavy atom. The minimum atomic E-state index is -0.156. The number of hydrogen-bond donors (Lipinski definition) is 0. The molecule has 3 amide bonds. The summed E-state index contributed by atoms with van der Waals surface area (Å²) in [4.78, 5) is 46.6. The van der Waals surface area contributed by atoms with Crippen LogP contribution in [-0.4, -0.2) is 35.0 Å². The summed E-state index contributed by atoms with van der Waals surface area (Å²) in [5.74, 6) is -0.0133. The second-order valence-electron chi connectivity index (χ2n) is 8.85. The highest BCUT2D eigenvalue weighted by Crippen LogP contribution is 2.41. The topological polar surface area (TPSA) is 70.6 Å². The molecule has 1 aliphatic carbocycles. The highest BCUT2D eigenvalue weighted by molar-refractivity contribution is 8.01. The summed E-state index contributed by atoms with van der Waals surface area (Å²) in [6, 6.07) is 13.6. The first-order chi connectivity index (χ1) is 16.1. The molecule has 0 N–H and O–H groups in total. The SMILES string of the molecule is O=C(CSc1nc2ccc(N3C(=O)[C@H]4CCCC[C@@H]4C3=O)cc2s1)N1CCc2ccccc21. The van der Waals surface area contributed by atoms with E-state index in [1.165, 1.54) is 33.6 Å². The van der Waals surface area contributed by atoms with Crippen molar-refractivity contribution in [1.29, 1.82) is 0 Å². The van der Waals surface area contributed by atoms with Crippen molar-refractivity contribution >= 4 is 62.4 Å². The maximum Gasteiger partial charge on any atom is 0.237 e. The summed E-state index contributed by atoms with van der Waals surface area (Å²) in [7, 11) is 0. The molecule has 2 atom stereocenters. The Hall–Kier alpha value is -2.71. The van der Waals surface area contributed by atoms with Gasteiger partial charge in [-0.3, -0.25) is 19.3 Å². The largest absolute Gasteiger partial charge is 0.311 e. The summed E-state index contributed by atoms with van der Waals surface area (Å²) >= 11 is 2.94. The zero-order chi connectivity index (χ0) is 22.5. The van der Waals surface area contributed by atoms with Crippen molar-refractivity contribution in [2.75, 3.05) is 22.1 Å². The molecule has 2 aromatic carbocycles. The molecule has 3 heterocycles. The zero-order valence-corrected chi connectivity index (χ0v) is 19.7. The van der Waals surface area contributed by atoms with Crippen LogP contribution in [0.25, 0.3) is 10.2 Å². The van der Waals surface area contributed by atoms with Crippen LogP contribution in [0, 0.1) is 11.8 Å². The molecule has 0 unspecified atom stereocenters. The molecule has 2 fully saturated rings. The summed E-state index contributed by atoms with van der Waals surface area (Å²) in [6.07, 6.45) is 4.55. The maximum absolute atomic E-state index is 12.9. The number of fused-ring (bicyclic) bond motifs is 3. The molecule has 8 heteroatoms. The first-order valence-corrected chi connectivity index (χ1v) is 13.2. The monoisotopic (exact) mass is 477 g/mol. The van der Waals surface area contributed by atoms with E-state index in [-0.39, 0.29) is 29.6 Å². The minimum Gasteiger partial charge on any atom is -0.311 e. The first-order valence-electron chi connectivity index (χ1n) is 11.4. The number of imide groups is 1.